The maximum Gasteiger partial charge on any atom is 0.266 e. The van der Waals surface area contributed by atoms with Gasteiger partial charge in [-0.15, -0.1) is 0 Å². The Bertz CT molecular complexity index is 1780. The molecule has 196 valence electrons. The van der Waals surface area contributed by atoms with Crippen molar-refractivity contribution in [2.75, 3.05) is 4.90 Å². The molecular weight excluding hydrogens is 512 g/mol. The van der Waals surface area contributed by atoms with Gasteiger partial charge in [-0.05, 0) is 55.2 Å². The number of benzene rings is 3. The zero-order valence-corrected chi connectivity index (χ0v) is 22.6. The first-order chi connectivity index (χ1) is 18.7. The lowest BCUT2D eigenvalue weighted by Crippen LogP contribution is -2.50. The highest BCUT2D eigenvalue weighted by molar-refractivity contribution is 6.31. The van der Waals surface area contributed by atoms with Crippen LogP contribution in [0.1, 0.15) is 37.2 Å². The van der Waals surface area contributed by atoms with E-state index in [1.807, 2.05) is 55.5 Å². The van der Waals surface area contributed by atoms with Gasteiger partial charge in [0.2, 0.25) is 11.8 Å². The number of aromatic nitrogens is 2. The molecule has 1 N–H and O–H groups in total. The van der Waals surface area contributed by atoms with Gasteiger partial charge in [-0.1, -0.05) is 61.8 Å². The molecule has 0 aliphatic carbocycles. The van der Waals surface area contributed by atoms with Crippen molar-refractivity contribution < 1.29 is 9.59 Å². The first-order valence-electron chi connectivity index (χ1n) is 13.3. The molecule has 4 aromatic rings. The molecule has 7 nitrogen and oxygen atoms in total. The smallest absolute Gasteiger partial charge is 0.266 e. The molecule has 4 heterocycles. The van der Waals surface area contributed by atoms with Crippen molar-refractivity contribution in [2.24, 2.45) is 17.8 Å². The largest absolute Gasteiger partial charge is 0.297 e. The van der Waals surface area contributed by atoms with E-state index < -0.39 is 17.4 Å². The Hall–Kier alpha value is -3.81. The quantitative estimate of drug-likeness (QED) is 0.381. The van der Waals surface area contributed by atoms with Crippen molar-refractivity contribution >= 4 is 40.0 Å². The second-order valence-corrected chi connectivity index (χ2v) is 11.7. The average molecular weight is 539 g/mol. The molecule has 8 heteroatoms. The molecule has 2 amide bonds. The van der Waals surface area contributed by atoms with Crippen LogP contribution in [0.4, 0.5) is 5.69 Å². The summed E-state index contributed by atoms with van der Waals surface area (Å²) in [5, 5.41) is 4.71. The fourth-order valence-electron chi connectivity index (χ4n) is 6.99. The molecule has 3 aromatic carbocycles. The number of halogens is 1. The number of hydrogen-bond donors (Lipinski definition) is 1. The monoisotopic (exact) mass is 538 g/mol. The Morgan fingerprint density at radius 2 is 1.72 bits per heavy atom. The third kappa shape index (κ3) is 3.14. The normalized spacial score (nSPS) is 25.2. The molecular formula is C31H27ClN4O3. The molecule has 0 bridgehead atoms. The summed E-state index contributed by atoms with van der Waals surface area (Å²) in [7, 11) is 0. The van der Waals surface area contributed by atoms with Crippen LogP contribution < -0.4 is 15.8 Å². The van der Waals surface area contributed by atoms with Crippen molar-refractivity contribution in [1.82, 2.24) is 14.9 Å². The second kappa shape index (κ2) is 8.34. The van der Waals surface area contributed by atoms with Crippen molar-refractivity contribution in [2.45, 2.75) is 38.8 Å². The number of amides is 2. The zero-order chi connectivity index (χ0) is 27.2. The van der Waals surface area contributed by atoms with Gasteiger partial charge in [0.25, 0.3) is 5.56 Å². The van der Waals surface area contributed by atoms with Crippen LogP contribution >= 0.6 is 11.6 Å². The Balaban J connectivity index is 1.53. The van der Waals surface area contributed by atoms with Gasteiger partial charge < -0.3 is 0 Å². The van der Waals surface area contributed by atoms with Gasteiger partial charge in [-0.25, -0.2) is 9.88 Å². The van der Waals surface area contributed by atoms with E-state index in [0.29, 0.717) is 39.5 Å². The summed E-state index contributed by atoms with van der Waals surface area (Å²) >= 11 is 6.33. The summed E-state index contributed by atoms with van der Waals surface area (Å²) in [6.45, 7) is 6.08. The lowest BCUT2D eigenvalue weighted by Gasteiger charge is -2.32. The van der Waals surface area contributed by atoms with Gasteiger partial charge in [-0.2, -0.15) is 0 Å². The number of hydrogen-bond acceptors (Lipinski definition) is 5. The second-order valence-electron chi connectivity index (χ2n) is 11.2. The van der Waals surface area contributed by atoms with Crippen LogP contribution in [0.25, 0.3) is 16.6 Å². The Labute approximate surface area is 230 Å². The van der Waals surface area contributed by atoms with E-state index in [9.17, 15) is 14.4 Å². The predicted octanol–water partition coefficient (Wildman–Crippen LogP) is 4.73. The van der Waals surface area contributed by atoms with Gasteiger partial charge in [0.05, 0.1) is 34.1 Å². The van der Waals surface area contributed by atoms with E-state index in [4.69, 9.17) is 16.6 Å². The number of fused-ring (bicyclic) bond motifs is 8. The molecule has 3 aliphatic heterocycles. The molecule has 39 heavy (non-hydrogen) atoms. The van der Waals surface area contributed by atoms with E-state index in [2.05, 4.69) is 19.2 Å². The number of carbonyl (C=O) groups is 2. The van der Waals surface area contributed by atoms with Crippen molar-refractivity contribution in [3.05, 3.63) is 99.1 Å². The van der Waals surface area contributed by atoms with Crippen LogP contribution in [-0.4, -0.2) is 27.4 Å². The van der Waals surface area contributed by atoms with Crippen LogP contribution in [-0.2, 0) is 15.1 Å². The number of rotatable bonds is 3. The number of anilines is 1. The number of carbonyl (C=O) groups excluding carboxylic acids is 2. The lowest BCUT2D eigenvalue weighted by molar-refractivity contribution is -0.123. The summed E-state index contributed by atoms with van der Waals surface area (Å²) < 4.78 is 1.63. The lowest BCUT2D eigenvalue weighted by atomic mass is 9.75. The van der Waals surface area contributed by atoms with Crippen LogP contribution in [0, 0.1) is 24.7 Å². The molecule has 0 radical (unpaired) electrons. The average Bonchev–Trinajstić information content (AvgIpc) is 3.48. The van der Waals surface area contributed by atoms with Crippen LogP contribution in [0.15, 0.2) is 71.5 Å². The van der Waals surface area contributed by atoms with Crippen molar-refractivity contribution in [3.63, 3.8) is 0 Å². The van der Waals surface area contributed by atoms with Gasteiger partial charge in [0.1, 0.15) is 11.4 Å². The molecule has 0 saturated carbocycles. The van der Waals surface area contributed by atoms with Crippen molar-refractivity contribution in [3.8, 4) is 5.69 Å². The van der Waals surface area contributed by atoms with E-state index in [1.165, 1.54) is 4.90 Å². The molecule has 0 unspecified atom stereocenters. The minimum absolute atomic E-state index is 0.190. The summed E-state index contributed by atoms with van der Waals surface area (Å²) in [4.78, 5) is 49.0. The highest BCUT2D eigenvalue weighted by Gasteiger charge is 2.69. The molecule has 2 saturated heterocycles. The zero-order valence-electron chi connectivity index (χ0n) is 21.8. The molecule has 7 rings (SSSR count). The summed E-state index contributed by atoms with van der Waals surface area (Å²) in [5.41, 5.74) is 1.99. The Morgan fingerprint density at radius 3 is 2.51 bits per heavy atom. The summed E-state index contributed by atoms with van der Waals surface area (Å²) in [6.07, 6.45) is 0.685. The van der Waals surface area contributed by atoms with E-state index in [1.54, 1.807) is 22.8 Å². The Kier molecular flexibility index (Phi) is 5.19. The van der Waals surface area contributed by atoms with Gasteiger partial charge in [0.15, 0.2) is 0 Å². The molecule has 2 fully saturated rings. The fourth-order valence-corrected chi connectivity index (χ4v) is 7.16. The van der Waals surface area contributed by atoms with Crippen LogP contribution in [0.2, 0.25) is 5.02 Å². The number of para-hydroxylation sites is 2. The summed E-state index contributed by atoms with van der Waals surface area (Å²) in [5.74, 6) is -1.23. The molecule has 1 aromatic heterocycles. The predicted molar refractivity (Wildman–Crippen MR) is 150 cm³/mol. The third-order valence-electron chi connectivity index (χ3n) is 8.50. The number of aryl methyl sites for hydroxylation is 1. The first-order valence-corrected chi connectivity index (χ1v) is 13.7. The fraction of sp³-hybridized carbons (Fsp3) is 0.290. The number of nitrogens with zero attached hydrogens (tertiary/aromatic N) is 3. The van der Waals surface area contributed by atoms with Crippen LogP contribution in [0.5, 0.6) is 0 Å². The number of imide groups is 1. The number of nitrogens with one attached hydrogen (secondary N) is 1. The standard InChI is InChI=1S/C31H27ClN4O3/c1-16(2)14-22-25-26(29(39)35(28(25)38)24-15-18(32)13-12-17(24)3)31(34-22)20-9-5-7-11-23(20)36-27(37)19-8-4-6-10-21(19)33-30(31)36/h4-13,15-16,22,25-26,34H,14H2,1-3H3/t22-,25-,26+,31+/m0/s1. The SMILES string of the molecule is Cc1ccc(Cl)cc1N1C(=O)[C@H]2[C@H](CC(C)C)N[C@]3(c4ccccc4-n4c3nc3ccccc3c4=O)[C@H]2C1=O. The van der Waals surface area contributed by atoms with E-state index in [0.717, 1.165) is 11.1 Å². The molecule has 4 atom stereocenters. The van der Waals surface area contributed by atoms with Gasteiger partial charge in [0, 0.05) is 16.6 Å². The van der Waals surface area contributed by atoms with Crippen molar-refractivity contribution in [1.29, 1.82) is 0 Å². The Morgan fingerprint density at radius 1 is 0.974 bits per heavy atom. The van der Waals surface area contributed by atoms with Crippen LogP contribution in [0.3, 0.4) is 0 Å². The minimum Gasteiger partial charge on any atom is -0.297 e. The van der Waals surface area contributed by atoms with Gasteiger partial charge >= 0.3 is 0 Å². The highest BCUT2D eigenvalue weighted by atomic mass is 35.5. The van der Waals surface area contributed by atoms with E-state index in [-0.39, 0.29) is 29.3 Å². The molecule has 3 aliphatic rings. The minimum atomic E-state index is -1.14. The topological polar surface area (TPSA) is 84.3 Å². The molecule has 1 spiro atoms. The third-order valence-corrected chi connectivity index (χ3v) is 8.73. The maximum atomic E-state index is 14.5. The highest BCUT2D eigenvalue weighted by Crippen LogP contribution is 2.56. The maximum absolute atomic E-state index is 14.5. The summed E-state index contributed by atoms with van der Waals surface area (Å²) in [6, 6.07) is 19.8. The van der Waals surface area contributed by atoms with E-state index >= 15 is 0 Å². The first kappa shape index (κ1) is 24.2. The van der Waals surface area contributed by atoms with Gasteiger partial charge in [-0.3, -0.25) is 24.3 Å².